The summed E-state index contributed by atoms with van der Waals surface area (Å²) < 4.78 is 0. The van der Waals surface area contributed by atoms with Crippen LogP contribution in [0, 0.1) is 5.92 Å². The average molecular weight is 226 g/mol. The zero-order valence-electron chi connectivity index (χ0n) is 11.1. The van der Waals surface area contributed by atoms with Gasteiger partial charge in [0.2, 0.25) is 0 Å². The van der Waals surface area contributed by atoms with Gasteiger partial charge in [-0.1, -0.05) is 6.92 Å². The Balaban J connectivity index is 1.80. The maximum absolute atomic E-state index is 9.89. The third-order valence-electron chi connectivity index (χ3n) is 4.28. The molecule has 1 N–H and O–H groups in total. The number of hydrogen-bond acceptors (Lipinski definition) is 3. The van der Waals surface area contributed by atoms with Gasteiger partial charge in [0.05, 0.1) is 6.10 Å². The van der Waals surface area contributed by atoms with Crippen LogP contribution in [-0.4, -0.2) is 58.8 Å². The molecular weight excluding hydrogens is 200 g/mol. The second-order valence-electron chi connectivity index (χ2n) is 6.56. The van der Waals surface area contributed by atoms with E-state index in [4.69, 9.17) is 0 Å². The van der Waals surface area contributed by atoms with Crippen LogP contribution >= 0.6 is 0 Å². The van der Waals surface area contributed by atoms with Crippen molar-refractivity contribution in [2.24, 2.45) is 5.92 Å². The third-order valence-corrected chi connectivity index (χ3v) is 4.28. The molecule has 94 valence electrons. The predicted octanol–water partition coefficient (Wildman–Crippen LogP) is 1.17. The minimum atomic E-state index is -0.113. The first kappa shape index (κ1) is 12.3. The van der Waals surface area contributed by atoms with E-state index in [2.05, 4.69) is 37.5 Å². The number of hydrogen-bond donors (Lipinski definition) is 1. The number of aliphatic hydroxyl groups is 1. The molecule has 3 heteroatoms. The van der Waals surface area contributed by atoms with Gasteiger partial charge in [-0.15, -0.1) is 0 Å². The Kier molecular flexibility index (Phi) is 3.30. The van der Waals surface area contributed by atoms with Crippen molar-refractivity contribution in [2.75, 3.05) is 26.2 Å². The molecule has 0 aromatic rings. The molecule has 2 saturated heterocycles. The number of β-amino-alcohol motifs (C(OH)–C–C–N with tert-alkyl or cyclic N) is 1. The highest BCUT2D eigenvalue weighted by Gasteiger charge is 2.39. The van der Waals surface area contributed by atoms with E-state index in [1.54, 1.807) is 0 Å². The molecule has 2 heterocycles. The van der Waals surface area contributed by atoms with Crippen LogP contribution in [0.5, 0.6) is 0 Å². The number of piperidine rings is 1. The van der Waals surface area contributed by atoms with Crippen molar-refractivity contribution in [1.29, 1.82) is 0 Å². The lowest BCUT2D eigenvalue weighted by Crippen LogP contribution is -2.66. The second kappa shape index (κ2) is 4.28. The average Bonchev–Trinajstić information content (AvgIpc) is 2.06. The Labute approximate surface area is 99.4 Å². The summed E-state index contributed by atoms with van der Waals surface area (Å²) in [6.45, 7) is 13.4. The summed E-state index contributed by atoms with van der Waals surface area (Å²) >= 11 is 0. The maximum Gasteiger partial charge on any atom is 0.0693 e. The number of likely N-dealkylation sites (tertiary alicyclic amines) is 2. The van der Waals surface area contributed by atoms with Gasteiger partial charge in [0.1, 0.15) is 0 Å². The van der Waals surface area contributed by atoms with Crippen LogP contribution in [0.3, 0.4) is 0 Å². The van der Waals surface area contributed by atoms with Crippen LogP contribution in [0.1, 0.15) is 34.1 Å². The van der Waals surface area contributed by atoms with Gasteiger partial charge in [-0.05, 0) is 39.7 Å². The van der Waals surface area contributed by atoms with Crippen LogP contribution in [0.25, 0.3) is 0 Å². The molecule has 0 bridgehead atoms. The van der Waals surface area contributed by atoms with Crippen LogP contribution in [0.2, 0.25) is 0 Å². The Morgan fingerprint density at radius 2 is 1.75 bits per heavy atom. The zero-order chi connectivity index (χ0) is 11.9. The topological polar surface area (TPSA) is 26.7 Å². The van der Waals surface area contributed by atoms with E-state index in [9.17, 15) is 5.11 Å². The lowest BCUT2D eigenvalue weighted by atomic mass is 9.91. The summed E-state index contributed by atoms with van der Waals surface area (Å²) in [6.07, 6.45) is 1.03. The molecule has 3 nitrogen and oxygen atoms in total. The molecule has 0 aromatic heterocycles. The summed E-state index contributed by atoms with van der Waals surface area (Å²) in [5, 5.41) is 9.89. The van der Waals surface area contributed by atoms with Crippen LogP contribution in [0.15, 0.2) is 0 Å². The lowest BCUT2D eigenvalue weighted by Gasteiger charge is -2.53. The van der Waals surface area contributed by atoms with Crippen LogP contribution in [-0.2, 0) is 0 Å². The van der Waals surface area contributed by atoms with Crippen molar-refractivity contribution < 1.29 is 5.11 Å². The highest BCUT2D eigenvalue weighted by molar-refractivity contribution is 4.96. The Morgan fingerprint density at radius 3 is 2.25 bits per heavy atom. The predicted molar refractivity (Wildman–Crippen MR) is 66.5 cm³/mol. The molecule has 0 spiro atoms. The van der Waals surface area contributed by atoms with Crippen LogP contribution < -0.4 is 0 Å². The molecule has 2 rings (SSSR count). The summed E-state index contributed by atoms with van der Waals surface area (Å²) in [5.74, 6) is 0.482. The van der Waals surface area contributed by atoms with Crippen molar-refractivity contribution in [2.45, 2.75) is 51.8 Å². The van der Waals surface area contributed by atoms with Gasteiger partial charge in [-0.2, -0.15) is 0 Å². The standard InChI is InChI=1S/C13H26N2O/c1-10-5-6-14(9-12(10)16)11-7-15(8-11)13(2,3)4/h10-12,16H,5-9H2,1-4H3/t10-,12-/m1/s1. The zero-order valence-corrected chi connectivity index (χ0v) is 11.1. The first-order valence-corrected chi connectivity index (χ1v) is 6.55. The molecule has 2 aliphatic heterocycles. The highest BCUT2D eigenvalue weighted by atomic mass is 16.3. The summed E-state index contributed by atoms with van der Waals surface area (Å²) in [7, 11) is 0. The minimum absolute atomic E-state index is 0.113. The Morgan fingerprint density at radius 1 is 1.12 bits per heavy atom. The molecular formula is C13H26N2O. The SMILES string of the molecule is C[C@@H]1CCN(C2CN(C(C)(C)C)C2)C[C@H]1O. The van der Waals surface area contributed by atoms with Crippen molar-refractivity contribution in [3.05, 3.63) is 0 Å². The summed E-state index contributed by atoms with van der Waals surface area (Å²) in [4.78, 5) is 5.00. The third kappa shape index (κ3) is 2.41. The molecule has 0 saturated carbocycles. The van der Waals surface area contributed by atoms with Gasteiger partial charge in [-0.25, -0.2) is 0 Å². The molecule has 2 fully saturated rings. The monoisotopic (exact) mass is 226 g/mol. The summed E-state index contributed by atoms with van der Waals surface area (Å²) in [6, 6.07) is 0.682. The molecule has 0 amide bonds. The van der Waals surface area contributed by atoms with E-state index in [0.29, 0.717) is 17.5 Å². The van der Waals surface area contributed by atoms with Gasteiger partial charge < -0.3 is 5.11 Å². The molecule has 2 aliphatic rings. The van der Waals surface area contributed by atoms with Crippen molar-refractivity contribution in [3.8, 4) is 0 Å². The first-order chi connectivity index (χ1) is 7.38. The Hall–Kier alpha value is -0.120. The van der Waals surface area contributed by atoms with E-state index >= 15 is 0 Å². The quantitative estimate of drug-likeness (QED) is 0.727. The Bertz CT molecular complexity index is 243. The van der Waals surface area contributed by atoms with E-state index < -0.39 is 0 Å². The molecule has 0 aliphatic carbocycles. The van der Waals surface area contributed by atoms with E-state index in [0.717, 1.165) is 13.0 Å². The normalized spacial score (nSPS) is 35.1. The summed E-state index contributed by atoms with van der Waals surface area (Å²) in [5.41, 5.74) is 0.304. The fraction of sp³-hybridized carbons (Fsp3) is 1.00. The lowest BCUT2D eigenvalue weighted by molar-refractivity contribution is -0.0612. The molecule has 16 heavy (non-hydrogen) atoms. The van der Waals surface area contributed by atoms with Crippen molar-refractivity contribution >= 4 is 0 Å². The molecule has 0 aromatic carbocycles. The van der Waals surface area contributed by atoms with Crippen molar-refractivity contribution in [1.82, 2.24) is 9.80 Å². The molecule has 2 atom stereocenters. The maximum atomic E-state index is 9.89. The van der Waals surface area contributed by atoms with Gasteiger partial charge in [0.25, 0.3) is 0 Å². The van der Waals surface area contributed by atoms with E-state index in [-0.39, 0.29) is 6.10 Å². The van der Waals surface area contributed by atoms with Gasteiger partial charge >= 0.3 is 0 Å². The highest BCUT2D eigenvalue weighted by Crippen LogP contribution is 2.27. The van der Waals surface area contributed by atoms with Crippen molar-refractivity contribution in [3.63, 3.8) is 0 Å². The number of aliphatic hydroxyl groups excluding tert-OH is 1. The van der Waals surface area contributed by atoms with Crippen LogP contribution in [0.4, 0.5) is 0 Å². The van der Waals surface area contributed by atoms with Gasteiger partial charge in [0.15, 0.2) is 0 Å². The smallest absolute Gasteiger partial charge is 0.0693 e. The van der Waals surface area contributed by atoms with E-state index in [1.807, 2.05) is 0 Å². The molecule has 0 unspecified atom stereocenters. The minimum Gasteiger partial charge on any atom is -0.392 e. The fourth-order valence-electron chi connectivity index (χ4n) is 2.64. The van der Waals surface area contributed by atoms with E-state index in [1.165, 1.54) is 19.6 Å². The van der Waals surface area contributed by atoms with Gasteiger partial charge in [0, 0.05) is 31.2 Å². The number of nitrogens with zero attached hydrogens (tertiary/aromatic N) is 2. The second-order valence-corrected chi connectivity index (χ2v) is 6.56. The fourth-order valence-corrected chi connectivity index (χ4v) is 2.64. The first-order valence-electron chi connectivity index (χ1n) is 6.55. The van der Waals surface area contributed by atoms with Gasteiger partial charge in [-0.3, -0.25) is 9.80 Å². The number of rotatable bonds is 1. The molecule has 0 radical (unpaired) electrons. The largest absolute Gasteiger partial charge is 0.392 e.